The lowest BCUT2D eigenvalue weighted by Crippen LogP contribution is -2.41. The monoisotopic (exact) mass is 188 g/mol. The van der Waals surface area contributed by atoms with Gasteiger partial charge in [-0.1, -0.05) is 6.92 Å². The summed E-state index contributed by atoms with van der Waals surface area (Å²) in [5.74, 6) is 0.350. The van der Waals surface area contributed by atoms with Crippen LogP contribution in [-0.4, -0.2) is 32.3 Å². The van der Waals surface area contributed by atoms with E-state index in [-0.39, 0.29) is 12.1 Å². The first kappa shape index (κ1) is 12.2. The van der Waals surface area contributed by atoms with Gasteiger partial charge in [0.15, 0.2) is 0 Å². The third kappa shape index (κ3) is 7.59. The Hall–Kier alpha value is -0.770. The maximum atomic E-state index is 11.1. The lowest BCUT2D eigenvalue weighted by Gasteiger charge is -2.13. The summed E-state index contributed by atoms with van der Waals surface area (Å²) in [6.07, 6.45) is 0. The van der Waals surface area contributed by atoms with Gasteiger partial charge >= 0.3 is 6.03 Å². The van der Waals surface area contributed by atoms with Crippen LogP contribution in [0.15, 0.2) is 0 Å². The van der Waals surface area contributed by atoms with Gasteiger partial charge in [-0.15, -0.1) is 0 Å². The molecule has 0 bridgehead atoms. The Morgan fingerprint density at radius 2 is 2.00 bits per heavy atom. The number of carbonyl (C=O) groups is 1. The maximum Gasteiger partial charge on any atom is 0.314 e. The fourth-order valence-corrected chi connectivity index (χ4v) is 0.924. The SMILES string of the molecule is COCC(C)CNC(=O)NC(C)C. The number of methoxy groups -OCH3 is 1. The van der Waals surface area contributed by atoms with E-state index in [0.29, 0.717) is 19.1 Å². The number of hydrogen-bond acceptors (Lipinski definition) is 2. The first-order valence-corrected chi connectivity index (χ1v) is 4.59. The predicted octanol–water partition coefficient (Wildman–Crippen LogP) is 0.976. The average molecular weight is 188 g/mol. The summed E-state index contributed by atoms with van der Waals surface area (Å²) in [7, 11) is 1.66. The van der Waals surface area contributed by atoms with E-state index in [1.807, 2.05) is 20.8 Å². The summed E-state index contributed by atoms with van der Waals surface area (Å²) in [4.78, 5) is 11.1. The second-order valence-corrected chi connectivity index (χ2v) is 3.57. The molecule has 0 saturated carbocycles. The number of rotatable bonds is 5. The van der Waals surface area contributed by atoms with Gasteiger partial charge in [0.05, 0.1) is 6.61 Å². The van der Waals surface area contributed by atoms with Crippen molar-refractivity contribution >= 4 is 6.03 Å². The molecule has 0 aromatic carbocycles. The molecule has 0 rings (SSSR count). The van der Waals surface area contributed by atoms with E-state index in [0.717, 1.165) is 0 Å². The number of hydrogen-bond donors (Lipinski definition) is 2. The van der Waals surface area contributed by atoms with Crippen LogP contribution >= 0.6 is 0 Å². The van der Waals surface area contributed by atoms with Crippen molar-refractivity contribution < 1.29 is 9.53 Å². The van der Waals surface area contributed by atoms with Crippen LogP contribution < -0.4 is 10.6 Å². The maximum absolute atomic E-state index is 11.1. The van der Waals surface area contributed by atoms with E-state index in [9.17, 15) is 4.79 Å². The van der Waals surface area contributed by atoms with E-state index in [4.69, 9.17) is 4.74 Å². The normalized spacial score (nSPS) is 12.7. The van der Waals surface area contributed by atoms with E-state index in [2.05, 4.69) is 10.6 Å². The van der Waals surface area contributed by atoms with E-state index in [1.54, 1.807) is 7.11 Å². The van der Waals surface area contributed by atoms with Gasteiger partial charge in [-0.25, -0.2) is 4.79 Å². The van der Waals surface area contributed by atoms with Crippen LogP contribution in [0.1, 0.15) is 20.8 Å². The van der Waals surface area contributed by atoms with Crippen molar-refractivity contribution in [2.24, 2.45) is 5.92 Å². The summed E-state index contributed by atoms with van der Waals surface area (Å²) in [5.41, 5.74) is 0. The zero-order valence-electron chi connectivity index (χ0n) is 8.89. The van der Waals surface area contributed by atoms with Gasteiger partial charge < -0.3 is 15.4 Å². The second-order valence-electron chi connectivity index (χ2n) is 3.57. The van der Waals surface area contributed by atoms with Gasteiger partial charge in [-0.2, -0.15) is 0 Å². The fraction of sp³-hybridized carbons (Fsp3) is 0.889. The van der Waals surface area contributed by atoms with Crippen molar-refractivity contribution in [1.82, 2.24) is 10.6 Å². The van der Waals surface area contributed by atoms with Crippen LogP contribution in [0.4, 0.5) is 4.79 Å². The quantitative estimate of drug-likeness (QED) is 0.675. The molecule has 0 aliphatic heterocycles. The molecule has 0 aromatic rings. The molecule has 4 nitrogen and oxygen atoms in total. The molecule has 2 amide bonds. The molecule has 0 saturated heterocycles. The Labute approximate surface area is 80.0 Å². The molecule has 78 valence electrons. The van der Waals surface area contributed by atoms with Gasteiger partial charge in [0.25, 0.3) is 0 Å². The predicted molar refractivity (Wildman–Crippen MR) is 52.7 cm³/mol. The van der Waals surface area contributed by atoms with Gasteiger partial charge in [0.1, 0.15) is 0 Å². The molecule has 0 heterocycles. The highest BCUT2D eigenvalue weighted by Gasteiger charge is 2.05. The molecule has 0 aliphatic rings. The first-order valence-electron chi connectivity index (χ1n) is 4.59. The molecule has 1 unspecified atom stereocenters. The molecule has 0 aliphatic carbocycles. The third-order valence-corrected chi connectivity index (χ3v) is 1.48. The van der Waals surface area contributed by atoms with Crippen LogP contribution in [0.5, 0.6) is 0 Å². The van der Waals surface area contributed by atoms with Gasteiger partial charge in [0.2, 0.25) is 0 Å². The van der Waals surface area contributed by atoms with E-state index < -0.39 is 0 Å². The van der Waals surface area contributed by atoms with E-state index in [1.165, 1.54) is 0 Å². The Bertz CT molecular complexity index is 149. The number of urea groups is 1. The van der Waals surface area contributed by atoms with Crippen LogP contribution in [0.25, 0.3) is 0 Å². The lowest BCUT2D eigenvalue weighted by atomic mass is 10.2. The minimum absolute atomic E-state index is 0.113. The van der Waals surface area contributed by atoms with Crippen LogP contribution in [0, 0.1) is 5.92 Å². The Balaban J connectivity index is 3.46. The smallest absolute Gasteiger partial charge is 0.314 e. The highest BCUT2D eigenvalue weighted by molar-refractivity contribution is 5.74. The van der Waals surface area contributed by atoms with Crippen molar-refractivity contribution in [2.45, 2.75) is 26.8 Å². The summed E-state index contributed by atoms with van der Waals surface area (Å²) in [5, 5.41) is 5.52. The number of ether oxygens (including phenoxy) is 1. The zero-order valence-corrected chi connectivity index (χ0v) is 8.89. The van der Waals surface area contributed by atoms with Crippen LogP contribution in [-0.2, 0) is 4.74 Å². The summed E-state index contributed by atoms with van der Waals surface area (Å²) in [6, 6.07) is 0.0654. The third-order valence-electron chi connectivity index (χ3n) is 1.48. The van der Waals surface area contributed by atoms with Gasteiger partial charge in [-0.05, 0) is 19.8 Å². The molecule has 1 atom stereocenters. The summed E-state index contributed by atoms with van der Waals surface area (Å²) >= 11 is 0. The van der Waals surface area contributed by atoms with Crippen molar-refractivity contribution in [3.05, 3.63) is 0 Å². The Morgan fingerprint density at radius 1 is 1.38 bits per heavy atom. The van der Waals surface area contributed by atoms with Crippen molar-refractivity contribution in [3.8, 4) is 0 Å². The van der Waals surface area contributed by atoms with E-state index >= 15 is 0 Å². The minimum Gasteiger partial charge on any atom is -0.384 e. The number of carbonyl (C=O) groups excluding carboxylic acids is 1. The van der Waals surface area contributed by atoms with Crippen molar-refractivity contribution in [2.75, 3.05) is 20.3 Å². The zero-order chi connectivity index (χ0) is 10.3. The molecule has 2 N–H and O–H groups in total. The average Bonchev–Trinajstić information content (AvgIpc) is 2.00. The molecule has 0 radical (unpaired) electrons. The number of nitrogens with one attached hydrogen (secondary N) is 2. The number of amides is 2. The molecule has 4 heteroatoms. The summed E-state index contributed by atoms with van der Waals surface area (Å²) in [6.45, 7) is 7.20. The minimum atomic E-state index is -0.113. The molecule has 0 aromatic heterocycles. The molecule has 0 spiro atoms. The lowest BCUT2D eigenvalue weighted by molar-refractivity contribution is 0.158. The van der Waals surface area contributed by atoms with Crippen molar-refractivity contribution in [1.29, 1.82) is 0 Å². The second kappa shape index (κ2) is 6.71. The molecule has 13 heavy (non-hydrogen) atoms. The van der Waals surface area contributed by atoms with Gasteiger partial charge in [0, 0.05) is 19.7 Å². The summed E-state index contributed by atoms with van der Waals surface area (Å²) < 4.78 is 4.95. The Morgan fingerprint density at radius 3 is 2.46 bits per heavy atom. The molecular formula is C9H20N2O2. The van der Waals surface area contributed by atoms with Crippen LogP contribution in [0.3, 0.4) is 0 Å². The standard InChI is InChI=1S/C9H20N2O2/c1-7(2)11-9(12)10-5-8(3)6-13-4/h7-8H,5-6H2,1-4H3,(H2,10,11,12). The molecular weight excluding hydrogens is 168 g/mol. The van der Waals surface area contributed by atoms with Gasteiger partial charge in [-0.3, -0.25) is 0 Å². The largest absolute Gasteiger partial charge is 0.384 e. The topological polar surface area (TPSA) is 50.4 Å². The molecule has 0 fully saturated rings. The van der Waals surface area contributed by atoms with Crippen LogP contribution in [0.2, 0.25) is 0 Å². The Kier molecular flexibility index (Phi) is 6.32. The highest BCUT2D eigenvalue weighted by atomic mass is 16.5. The van der Waals surface area contributed by atoms with Crippen molar-refractivity contribution in [3.63, 3.8) is 0 Å². The first-order chi connectivity index (χ1) is 6.06. The highest BCUT2D eigenvalue weighted by Crippen LogP contribution is 1.91. The fourth-order valence-electron chi connectivity index (χ4n) is 0.924.